The van der Waals surface area contributed by atoms with E-state index >= 15 is 0 Å². The molecule has 1 N–H and O–H groups in total. The van der Waals surface area contributed by atoms with Crippen LogP contribution in [0, 0.1) is 12.8 Å². The van der Waals surface area contributed by atoms with Crippen molar-refractivity contribution in [3.63, 3.8) is 0 Å². The minimum atomic E-state index is 0.677. The van der Waals surface area contributed by atoms with Crippen LogP contribution >= 0.6 is 15.9 Å². The highest BCUT2D eigenvalue weighted by Gasteiger charge is 2.18. The molecule has 0 saturated heterocycles. The molecule has 0 atom stereocenters. The molecule has 2 rings (SSSR count). The Morgan fingerprint density at radius 2 is 1.88 bits per heavy atom. The lowest BCUT2D eigenvalue weighted by Crippen LogP contribution is -2.25. The molecule has 0 bridgehead atoms. The predicted molar refractivity (Wildman–Crippen MR) is 73.9 cm³/mol. The Kier molecular flexibility index (Phi) is 3.91. The normalized spacial score (nSPS) is 25.4. The first-order valence-electron chi connectivity index (χ1n) is 6.18. The van der Waals surface area contributed by atoms with Crippen LogP contribution in [-0.2, 0) is 0 Å². The monoisotopic (exact) mass is 281 g/mol. The van der Waals surface area contributed by atoms with Gasteiger partial charge < -0.3 is 5.32 Å². The average Bonchev–Trinajstić information content (AvgIpc) is 2.25. The standard InChI is InChI=1S/C14H20BrN/c1-10-3-6-13(7-4-10)16-14-8-5-12(15)9-11(14)2/h5,8-10,13,16H,3-4,6-7H2,1-2H3. The molecule has 1 saturated carbocycles. The second-order valence-corrected chi connectivity index (χ2v) is 5.98. The largest absolute Gasteiger partial charge is 0.382 e. The van der Waals surface area contributed by atoms with Gasteiger partial charge in [0.15, 0.2) is 0 Å². The van der Waals surface area contributed by atoms with Crippen molar-refractivity contribution in [3.8, 4) is 0 Å². The van der Waals surface area contributed by atoms with Gasteiger partial charge in [-0.15, -0.1) is 0 Å². The molecule has 88 valence electrons. The van der Waals surface area contributed by atoms with Crippen LogP contribution in [0.1, 0.15) is 38.2 Å². The van der Waals surface area contributed by atoms with Gasteiger partial charge in [-0.1, -0.05) is 22.9 Å². The van der Waals surface area contributed by atoms with Crippen molar-refractivity contribution in [1.82, 2.24) is 0 Å². The minimum Gasteiger partial charge on any atom is -0.382 e. The second-order valence-electron chi connectivity index (χ2n) is 5.06. The Morgan fingerprint density at radius 3 is 2.50 bits per heavy atom. The summed E-state index contributed by atoms with van der Waals surface area (Å²) in [7, 11) is 0. The van der Waals surface area contributed by atoms with E-state index in [4.69, 9.17) is 0 Å². The summed E-state index contributed by atoms with van der Waals surface area (Å²) in [6.07, 6.45) is 5.37. The fourth-order valence-corrected chi connectivity index (χ4v) is 2.89. The third-order valence-corrected chi connectivity index (χ3v) is 4.06. The Hall–Kier alpha value is -0.500. The summed E-state index contributed by atoms with van der Waals surface area (Å²) in [6.45, 7) is 4.53. The van der Waals surface area contributed by atoms with Gasteiger partial charge in [0.1, 0.15) is 0 Å². The van der Waals surface area contributed by atoms with E-state index in [1.807, 2.05) is 0 Å². The molecule has 0 unspecified atom stereocenters. The van der Waals surface area contributed by atoms with E-state index in [2.05, 4.69) is 53.3 Å². The van der Waals surface area contributed by atoms with Crippen molar-refractivity contribution in [1.29, 1.82) is 0 Å². The zero-order chi connectivity index (χ0) is 11.5. The highest BCUT2D eigenvalue weighted by Crippen LogP contribution is 2.28. The summed E-state index contributed by atoms with van der Waals surface area (Å²) in [4.78, 5) is 0. The summed E-state index contributed by atoms with van der Waals surface area (Å²) in [6, 6.07) is 7.14. The Morgan fingerprint density at radius 1 is 1.19 bits per heavy atom. The van der Waals surface area contributed by atoms with Gasteiger partial charge in [-0.25, -0.2) is 0 Å². The Labute approximate surface area is 107 Å². The number of hydrogen-bond donors (Lipinski definition) is 1. The lowest BCUT2D eigenvalue weighted by atomic mass is 9.87. The van der Waals surface area contributed by atoms with E-state index in [1.54, 1.807) is 0 Å². The molecule has 16 heavy (non-hydrogen) atoms. The molecular formula is C14H20BrN. The molecule has 1 aromatic rings. The summed E-state index contributed by atoms with van der Waals surface area (Å²) < 4.78 is 1.16. The first-order valence-corrected chi connectivity index (χ1v) is 6.97. The molecule has 1 fully saturated rings. The molecule has 0 amide bonds. The quantitative estimate of drug-likeness (QED) is 0.825. The Balaban J connectivity index is 1.98. The van der Waals surface area contributed by atoms with E-state index in [9.17, 15) is 0 Å². The van der Waals surface area contributed by atoms with Crippen LogP contribution in [0.5, 0.6) is 0 Å². The number of aryl methyl sites for hydroxylation is 1. The maximum Gasteiger partial charge on any atom is 0.0372 e. The van der Waals surface area contributed by atoms with Crippen molar-refractivity contribution < 1.29 is 0 Å². The highest BCUT2D eigenvalue weighted by molar-refractivity contribution is 9.10. The molecular weight excluding hydrogens is 262 g/mol. The number of benzene rings is 1. The molecule has 2 heteroatoms. The lowest BCUT2D eigenvalue weighted by molar-refractivity contribution is 0.361. The molecule has 1 nitrogen and oxygen atoms in total. The van der Waals surface area contributed by atoms with Gasteiger partial charge >= 0.3 is 0 Å². The molecule has 0 radical (unpaired) electrons. The number of halogens is 1. The van der Waals surface area contributed by atoms with E-state index < -0.39 is 0 Å². The molecule has 0 heterocycles. The number of anilines is 1. The molecule has 0 aliphatic heterocycles. The zero-order valence-electron chi connectivity index (χ0n) is 10.1. The van der Waals surface area contributed by atoms with Gasteiger partial charge in [0, 0.05) is 16.2 Å². The predicted octanol–water partition coefficient (Wildman–Crippen LogP) is 4.75. The van der Waals surface area contributed by atoms with Gasteiger partial charge in [-0.05, 0) is 62.3 Å². The third-order valence-electron chi connectivity index (χ3n) is 3.56. The smallest absolute Gasteiger partial charge is 0.0372 e. The van der Waals surface area contributed by atoms with Gasteiger partial charge in [0.25, 0.3) is 0 Å². The SMILES string of the molecule is Cc1cc(Br)ccc1NC1CCC(C)CC1. The van der Waals surface area contributed by atoms with E-state index in [0.29, 0.717) is 6.04 Å². The number of nitrogens with one attached hydrogen (secondary N) is 1. The fourth-order valence-electron chi connectivity index (χ4n) is 2.41. The van der Waals surface area contributed by atoms with Gasteiger partial charge in [0.2, 0.25) is 0 Å². The first kappa shape index (κ1) is 12.0. The van der Waals surface area contributed by atoms with Crippen molar-refractivity contribution in [3.05, 3.63) is 28.2 Å². The lowest BCUT2D eigenvalue weighted by Gasteiger charge is -2.28. The van der Waals surface area contributed by atoms with Crippen molar-refractivity contribution >= 4 is 21.6 Å². The number of hydrogen-bond acceptors (Lipinski definition) is 1. The van der Waals surface area contributed by atoms with Crippen LogP contribution < -0.4 is 5.32 Å². The Bertz CT molecular complexity index is 354. The maximum absolute atomic E-state index is 3.68. The van der Waals surface area contributed by atoms with Crippen LogP contribution in [0.3, 0.4) is 0 Å². The number of rotatable bonds is 2. The van der Waals surface area contributed by atoms with Crippen LogP contribution in [0.25, 0.3) is 0 Å². The fraction of sp³-hybridized carbons (Fsp3) is 0.571. The van der Waals surface area contributed by atoms with Crippen molar-refractivity contribution in [2.45, 2.75) is 45.6 Å². The van der Waals surface area contributed by atoms with Gasteiger partial charge in [0.05, 0.1) is 0 Å². The first-order chi connectivity index (χ1) is 7.65. The van der Waals surface area contributed by atoms with E-state index in [-0.39, 0.29) is 0 Å². The summed E-state index contributed by atoms with van der Waals surface area (Å²) in [5, 5.41) is 3.68. The minimum absolute atomic E-state index is 0.677. The third kappa shape index (κ3) is 3.00. The van der Waals surface area contributed by atoms with Crippen LogP contribution in [0.2, 0.25) is 0 Å². The molecule has 0 aromatic heterocycles. The summed E-state index contributed by atoms with van der Waals surface area (Å²) in [5.74, 6) is 0.920. The van der Waals surface area contributed by atoms with Crippen molar-refractivity contribution in [2.75, 3.05) is 5.32 Å². The summed E-state index contributed by atoms with van der Waals surface area (Å²) >= 11 is 3.50. The summed E-state index contributed by atoms with van der Waals surface area (Å²) in [5.41, 5.74) is 2.62. The van der Waals surface area contributed by atoms with Crippen LogP contribution in [-0.4, -0.2) is 6.04 Å². The topological polar surface area (TPSA) is 12.0 Å². The van der Waals surface area contributed by atoms with E-state index in [0.717, 1.165) is 10.4 Å². The maximum atomic E-state index is 3.68. The van der Waals surface area contributed by atoms with Crippen molar-refractivity contribution in [2.24, 2.45) is 5.92 Å². The molecule has 1 aromatic carbocycles. The van der Waals surface area contributed by atoms with E-state index in [1.165, 1.54) is 36.9 Å². The van der Waals surface area contributed by atoms with Crippen LogP contribution in [0.4, 0.5) is 5.69 Å². The van der Waals surface area contributed by atoms with Crippen LogP contribution in [0.15, 0.2) is 22.7 Å². The van der Waals surface area contributed by atoms with Gasteiger partial charge in [-0.2, -0.15) is 0 Å². The highest BCUT2D eigenvalue weighted by atomic mass is 79.9. The molecule has 0 spiro atoms. The average molecular weight is 282 g/mol. The molecule has 1 aliphatic rings. The van der Waals surface area contributed by atoms with Gasteiger partial charge in [-0.3, -0.25) is 0 Å². The zero-order valence-corrected chi connectivity index (χ0v) is 11.7. The molecule has 1 aliphatic carbocycles. The second kappa shape index (κ2) is 5.22.